The molecule has 31 heavy (non-hydrogen) atoms. The fourth-order valence-electron chi connectivity index (χ4n) is 3.52. The summed E-state index contributed by atoms with van der Waals surface area (Å²) < 4.78 is 1.29. The van der Waals surface area contributed by atoms with Crippen LogP contribution in [0.5, 0.6) is 0 Å². The van der Waals surface area contributed by atoms with Crippen molar-refractivity contribution in [1.29, 1.82) is 0 Å². The van der Waals surface area contributed by atoms with Crippen LogP contribution in [-0.2, 0) is 6.54 Å². The largest absolute Gasteiger partial charge is 0.349 e. The number of benzene rings is 3. The number of hydrogen-bond donors (Lipinski definition) is 1. The number of para-hydroxylation sites is 1. The molecule has 1 heterocycles. The van der Waals surface area contributed by atoms with Crippen LogP contribution in [0.2, 0.25) is 0 Å². The smallest absolute Gasteiger partial charge is 0.279 e. The van der Waals surface area contributed by atoms with E-state index in [1.165, 1.54) is 10.2 Å². The van der Waals surface area contributed by atoms with Crippen molar-refractivity contribution in [3.8, 4) is 5.69 Å². The quantitative estimate of drug-likeness (QED) is 0.506. The van der Waals surface area contributed by atoms with E-state index in [1.54, 1.807) is 36.4 Å². The summed E-state index contributed by atoms with van der Waals surface area (Å²) in [6.07, 6.45) is 0. The number of carbonyl (C=O) groups excluding carboxylic acids is 1. The monoisotopic (exact) mass is 412 g/mol. The van der Waals surface area contributed by atoms with Crippen molar-refractivity contribution < 1.29 is 4.79 Å². The lowest BCUT2D eigenvalue weighted by Crippen LogP contribution is -2.34. The number of likely N-dealkylation sites (N-methyl/N-ethyl adjacent to an activating group) is 1. The van der Waals surface area contributed by atoms with Crippen LogP contribution in [0.25, 0.3) is 16.5 Å². The summed E-state index contributed by atoms with van der Waals surface area (Å²) in [5.74, 6) is -0.297. The number of fused-ring (bicyclic) bond motifs is 1. The molecule has 0 spiro atoms. The van der Waals surface area contributed by atoms with Crippen LogP contribution in [0.4, 0.5) is 0 Å². The summed E-state index contributed by atoms with van der Waals surface area (Å²) in [7, 11) is 2.02. The van der Waals surface area contributed by atoms with Crippen LogP contribution in [0.15, 0.2) is 89.7 Å². The number of nitrogens with one attached hydrogen (secondary N) is 1. The summed E-state index contributed by atoms with van der Waals surface area (Å²) in [5.41, 5.74) is 1.83. The molecule has 0 fully saturated rings. The highest BCUT2D eigenvalue weighted by atomic mass is 16.2. The van der Waals surface area contributed by atoms with E-state index >= 15 is 0 Å². The minimum absolute atomic E-state index is 0.241. The van der Waals surface area contributed by atoms with E-state index in [0.29, 0.717) is 29.5 Å². The molecule has 0 atom stereocenters. The molecule has 156 valence electrons. The third kappa shape index (κ3) is 4.70. The van der Waals surface area contributed by atoms with Gasteiger partial charge in [0, 0.05) is 25.0 Å². The standard InChI is InChI=1S/C25H24N4O2/c1-28(18-19-10-4-2-5-11-19)17-16-26-24(30)23-21-14-8-9-15-22(21)25(31)29(27-23)20-12-6-3-7-13-20/h2-15H,16-18H2,1H3,(H,26,30). The van der Waals surface area contributed by atoms with Crippen LogP contribution in [0.1, 0.15) is 16.1 Å². The predicted octanol–water partition coefficient (Wildman–Crippen LogP) is 3.25. The molecule has 1 aromatic heterocycles. The molecule has 1 amide bonds. The van der Waals surface area contributed by atoms with Crippen molar-refractivity contribution in [1.82, 2.24) is 20.0 Å². The van der Waals surface area contributed by atoms with E-state index in [2.05, 4.69) is 27.4 Å². The summed E-state index contributed by atoms with van der Waals surface area (Å²) in [6.45, 7) is 1.97. The van der Waals surface area contributed by atoms with Gasteiger partial charge in [-0.05, 0) is 30.8 Å². The van der Waals surface area contributed by atoms with Gasteiger partial charge < -0.3 is 10.2 Å². The van der Waals surface area contributed by atoms with E-state index in [-0.39, 0.29) is 17.2 Å². The molecule has 0 saturated carbocycles. The molecule has 0 unspecified atom stereocenters. The molecule has 0 saturated heterocycles. The molecule has 0 aliphatic heterocycles. The van der Waals surface area contributed by atoms with Crippen LogP contribution >= 0.6 is 0 Å². The number of aromatic nitrogens is 2. The Hall–Kier alpha value is -3.77. The molecular formula is C25H24N4O2. The van der Waals surface area contributed by atoms with E-state index < -0.39 is 0 Å². The number of hydrogen-bond acceptors (Lipinski definition) is 4. The first-order valence-electron chi connectivity index (χ1n) is 10.2. The molecule has 6 heteroatoms. The molecule has 1 N–H and O–H groups in total. The Kier molecular flexibility index (Phi) is 6.19. The molecule has 0 radical (unpaired) electrons. The first kappa shape index (κ1) is 20.5. The number of nitrogens with zero attached hydrogens (tertiary/aromatic N) is 3. The second-order valence-electron chi connectivity index (χ2n) is 7.43. The van der Waals surface area contributed by atoms with Gasteiger partial charge in [0.2, 0.25) is 0 Å². The number of rotatable bonds is 7. The molecule has 4 rings (SSSR count). The average molecular weight is 412 g/mol. The van der Waals surface area contributed by atoms with Gasteiger partial charge in [-0.25, -0.2) is 0 Å². The molecule has 6 nitrogen and oxygen atoms in total. The highest BCUT2D eigenvalue weighted by molar-refractivity contribution is 6.04. The Morgan fingerprint density at radius 2 is 1.52 bits per heavy atom. The van der Waals surface area contributed by atoms with Gasteiger partial charge in [0.05, 0.1) is 11.1 Å². The Morgan fingerprint density at radius 3 is 2.23 bits per heavy atom. The Bertz CT molecular complexity index is 1240. The first-order chi connectivity index (χ1) is 15.1. The van der Waals surface area contributed by atoms with Crippen LogP contribution in [-0.4, -0.2) is 40.7 Å². The SMILES string of the molecule is CN(CCNC(=O)c1nn(-c2ccccc2)c(=O)c2ccccc12)Cc1ccccc1. The van der Waals surface area contributed by atoms with E-state index in [1.807, 2.05) is 43.4 Å². The van der Waals surface area contributed by atoms with Gasteiger partial charge in [0.1, 0.15) is 0 Å². The average Bonchev–Trinajstić information content (AvgIpc) is 2.80. The minimum Gasteiger partial charge on any atom is -0.349 e. The van der Waals surface area contributed by atoms with Gasteiger partial charge >= 0.3 is 0 Å². The van der Waals surface area contributed by atoms with E-state index in [4.69, 9.17) is 0 Å². The summed E-state index contributed by atoms with van der Waals surface area (Å²) in [6, 6.07) is 26.4. The molecular weight excluding hydrogens is 388 g/mol. The van der Waals surface area contributed by atoms with Gasteiger partial charge in [-0.1, -0.05) is 66.7 Å². The Balaban J connectivity index is 1.53. The maximum Gasteiger partial charge on any atom is 0.279 e. The lowest BCUT2D eigenvalue weighted by molar-refractivity contribution is 0.0945. The van der Waals surface area contributed by atoms with E-state index in [9.17, 15) is 9.59 Å². The Morgan fingerprint density at radius 1 is 0.903 bits per heavy atom. The predicted molar refractivity (Wildman–Crippen MR) is 122 cm³/mol. The second-order valence-corrected chi connectivity index (χ2v) is 7.43. The molecule has 0 bridgehead atoms. The van der Waals surface area contributed by atoms with Gasteiger partial charge in [-0.2, -0.15) is 9.78 Å². The fraction of sp³-hybridized carbons (Fsp3) is 0.160. The fourth-order valence-corrected chi connectivity index (χ4v) is 3.52. The lowest BCUT2D eigenvalue weighted by Gasteiger charge is -2.17. The minimum atomic E-state index is -0.297. The van der Waals surface area contributed by atoms with Crippen molar-refractivity contribution in [2.45, 2.75) is 6.54 Å². The second kappa shape index (κ2) is 9.36. The van der Waals surface area contributed by atoms with Crippen molar-refractivity contribution in [2.24, 2.45) is 0 Å². The van der Waals surface area contributed by atoms with Crippen molar-refractivity contribution in [3.05, 3.63) is 107 Å². The summed E-state index contributed by atoms with van der Waals surface area (Å²) >= 11 is 0. The third-order valence-corrected chi connectivity index (χ3v) is 5.10. The van der Waals surface area contributed by atoms with E-state index in [0.717, 1.165) is 6.54 Å². The summed E-state index contributed by atoms with van der Waals surface area (Å²) in [4.78, 5) is 28.1. The van der Waals surface area contributed by atoms with Crippen LogP contribution < -0.4 is 10.9 Å². The molecule has 4 aromatic rings. The molecule has 0 aliphatic carbocycles. The Labute approximate surface area is 180 Å². The van der Waals surface area contributed by atoms with Crippen LogP contribution in [0.3, 0.4) is 0 Å². The highest BCUT2D eigenvalue weighted by Crippen LogP contribution is 2.15. The van der Waals surface area contributed by atoms with Gasteiger partial charge in [-0.15, -0.1) is 0 Å². The topological polar surface area (TPSA) is 67.2 Å². The zero-order chi connectivity index (χ0) is 21.6. The van der Waals surface area contributed by atoms with Crippen molar-refractivity contribution >= 4 is 16.7 Å². The van der Waals surface area contributed by atoms with Gasteiger partial charge in [0.15, 0.2) is 5.69 Å². The van der Waals surface area contributed by atoms with Crippen LogP contribution in [0, 0.1) is 0 Å². The third-order valence-electron chi connectivity index (χ3n) is 5.10. The van der Waals surface area contributed by atoms with Gasteiger partial charge in [0.25, 0.3) is 11.5 Å². The first-order valence-corrected chi connectivity index (χ1v) is 10.2. The number of carbonyl (C=O) groups is 1. The van der Waals surface area contributed by atoms with Crippen molar-refractivity contribution in [3.63, 3.8) is 0 Å². The van der Waals surface area contributed by atoms with Gasteiger partial charge in [-0.3, -0.25) is 9.59 Å². The van der Waals surface area contributed by atoms with Crippen molar-refractivity contribution in [2.75, 3.05) is 20.1 Å². The molecule has 0 aliphatic rings. The maximum atomic E-state index is 13.0. The highest BCUT2D eigenvalue weighted by Gasteiger charge is 2.17. The zero-order valence-electron chi connectivity index (χ0n) is 17.4. The lowest BCUT2D eigenvalue weighted by atomic mass is 10.1. The normalized spacial score (nSPS) is 11.0. The number of amides is 1. The zero-order valence-corrected chi connectivity index (χ0v) is 17.4. The maximum absolute atomic E-state index is 13.0. The molecule has 3 aromatic carbocycles. The summed E-state index contributed by atoms with van der Waals surface area (Å²) in [5, 5.41) is 8.38.